The van der Waals surface area contributed by atoms with Gasteiger partial charge in [0.2, 0.25) is 5.91 Å². The van der Waals surface area contributed by atoms with Crippen molar-refractivity contribution in [3.63, 3.8) is 0 Å². The second kappa shape index (κ2) is 7.78. The van der Waals surface area contributed by atoms with E-state index in [1.165, 1.54) is 25.7 Å². The summed E-state index contributed by atoms with van der Waals surface area (Å²) in [5.74, 6) is 1.41. The predicted octanol–water partition coefficient (Wildman–Crippen LogP) is 2.57. The van der Waals surface area contributed by atoms with Gasteiger partial charge in [-0.25, -0.2) is 0 Å². The fourth-order valence-electron chi connectivity index (χ4n) is 4.28. The van der Waals surface area contributed by atoms with E-state index >= 15 is 0 Å². The molecule has 126 valence electrons. The van der Waals surface area contributed by atoms with Gasteiger partial charge >= 0.3 is 0 Å². The lowest BCUT2D eigenvalue weighted by Gasteiger charge is -2.39. The minimum atomic E-state index is 0.189. The lowest BCUT2D eigenvalue weighted by atomic mass is 9.85. The Balaban J connectivity index is 1.65. The number of hydrogen-bond donors (Lipinski definition) is 1. The van der Waals surface area contributed by atoms with Crippen molar-refractivity contribution in [3.8, 4) is 0 Å². The van der Waals surface area contributed by atoms with Crippen molar-refractivity contribution in [1.82, 2.24) is 10.2 Å². The zero-order valence-electron chi connectivity index (χ0n) is 14.1. The number of hydrogen-bond acceptors (Lipinski definition) is 3. The third-order valence-electron chi connectivity index (χ3n) is 5.78. The summed E-state index contributed by atoms with van der Waals surface area (Å²) in [4.78, 5) is 15.3. The van der Waals surface area contributed by atoms with Crippen LogP contribution in [0.15, 0.2) is 0 Å². The van der Waals surface area contributed by atoms with Crippen LogP contribution in [0.25, 0.3) is 0 Å². The molecule has 0 spiro atoms. The van der Waals surface area contributed by atoms with Gasteiger partial charge in [0.1, 0.15) is 0 Å². The van der Waals surface area contributed by atoms with Crippen LogP contribution in [0.2, 0.25) is 0 Å². The molecule has 1 amide bonds. The van der Waals surface area contributed by atoms with E-state index in [0.717, 1.165) is 57.8 Å². The molecule has 3 fully saturated rings. The van der Waals surface area contributed by atoms with Gasteiger partial charge < -0.3 is 15.0 Å². The maximum atomic E-state index is 13.1. The molecule has 1 saturated carbocycles. The first-order valence-corrected chi connectivity index (χ1v) is 9.37. The lowest BCUT2D eigenvalue weighted by Crippen LogP contribution is -2.50. The van der Waals surface area contributed by atoms with Crippen molar-refractivity contribution in [2.24, 2.45) is 11.8 Å². The van der Waals surface area contributed by atoms with E-state index in [4.69, 9.17) is 4.74 Å². The van der Waals surface area contributed by atoms with Crippen LogP contribution in [0.5, 0.6) is 0 Å². The Morgan fingerprint density at radius 1 is 1.14 bits per heavy atom. The molecule has 2 atom stereocenters. The zero-order chi connectivity index (χ0) is 15.4. The monoisotopic (exact) mass is 308 g/mol. The molecule has 0 bridgehead atoms. The number of amides is 1. The topological polar surface area (TPSA) is 41.6 Å². The van der Waals surface area contributed by atoms with Crippen LogP contribution in [-0.2, 0) is 9.53 Å². The van der Waals surface area contributed by atoms with Crippen molar-refractivity contribution in [2.75, 3.05) is 26.2 Å². The zero-order valence-corrected chi connectivity index (χ0v) is 14.1. The molecule has 2 heterocycles. The van der Waals surface area contributed by atoms with E-state index in [1.54, 1.807) is 0 Å². The highest BCUT2D eigenvalue weighted by atomic mass is 16.5. The third-order valence-corrected chi connectivity index (χ3v) is 5.78. The van der Waals surface area contributed by atoms with Crippen LogP contribution in [0.4, 0.5) is 0 Å². The van der Waals surface area contributed by atoms with Gasteiger partial charge in [0.15, 0.2) is 0 Å². The summed E-state index contributed by atoms with van der Waals surface area (Å²) in [5, 5.41) is 3.40. The number of nitrogens with zero attached hydrogens (tertiary/aromatic N) is 1. The lowest BCUT2D eigenvalue weighted by molar-refractivity contribution is -0.141. The van der Waals surface area contributed by atoms with Crippen LogP contribution in [0.3, 0.4) is 0 Å². The maximum Gasteiger partial charge on any atom is 0.227 e. The van der Waals surface area contributed by atoms with Crippen LogP contribution >= 0.6 is 0 Å². The molecule has 2 saturated heterocycles. The van der Waals surface area contributed by atoms with Crippen LogP contribution in [0.1, 0.15) is 58.3 Å². The van der Waals surface area contributed by atoms with Crippen molar-refractivity contribution in [3.05, 3.63) is 0 Å². The first-order chi connectivity index (χ1) is 10.7. The highest BCUT2D eigenvalue weighted by molar-refractivity contribution is 5.79. The highest BCUT2D eigenvalue weighted by Gasteiger charge is 2.34. The summed E-state index contributed by atoms with van der Waals surface area (Å²) in [6.07, 6.45) is 9.63. The number of piperidine rings is 1. The summed E-state index contributed by atoms with van der Waals surface area (Å²) in [7, 11) is 0. The SMILES string of the molecule is CC1CCC(N(CC2CCCO2)C(=O)C2CCCNC2)CC1. The number of nitrogens with one attached hydrogen (secondary N) is 1. The number of carbonyl (C=O) groups is 1. The van der Waals surface area contributed by atoms with Gasteiger partial charge in [0.25, 0.3) is 0 Å². The fraction of sp³-hybridized carbons (Fsp3) is 0.944. The summed E-state index contributed by atoms with van der Waals surface area (Å²) >= 11 is 0. The Bertz CT molecular complexity index is 354. The quantitative estimate of drug-likeness (QED) is 0.868. The van der Waals surface area contributed by atoms with E-state index in [2.05, 4.69) is 17.1 Å². The predicted molar refractivity (Wildman–Crippen MR) is 87.7 cm³/mol. The molecule has 22 heavy (non-hydrogen) atoms. The Hall–Kier alpha value is -0.610. The van der Waals surface area contributed by atoms with Gasteiger partial charge in [-0.1, -0.05) is 6.92 Å². The van der Waals surface area contributed by atoms with Crippen LogP contribution in [0, 0.1) is 11.8 Å². The number of carbonyl (C=O) groups excluding carboxylic acids is 1. The van der Waals surface area contributed by atoms with Crippen LogP contribution in [-0.4, -0.2) is 49.2 Å². The smallest absolute Gasteiger partial charge is 0.227 e. The first-order valence-electron chi connectivity index (χ1n) is 9.37. The molecule has 3 aliphatic rings. The molecule has 0 radical (unpaired) electrons. The average Bonchev–Trinajstić information content (AvgIpc) is 3.07. The van der Waals surface area contributed by atoms with Gasteiger partial charge in [-0.05, 0) is 63.8 Å². The molecule has 3 rings (SSSR count). The minimum Gasteiger partial charge on any atom is -0.376 e. The summed E-state index contributed by atoms with van der Waals surface area (Å²) in [6, 6.07) is 0.454. The molecule has 0 aromatic heterocycles. The molecule has 4 nitrogen and oxygen atoms in total. The van der Waals surface area contributed by atoms with Gasteiger partial charge in [-0.15, -0.1) is 0 Å². The van der Waals surface area contributed by atoms with Crippen LogP contribution < -0.4 is 5.32 Å². The van der Waals surface area contributed by atoms with Crippen molar-refractivity contribution in [2.45, 2.75) is 70.4 Å². The number of ether oxygens (including phenoxy) is 1. The summed E-state index contributed by atoms with van der Waals surface area (Å²) in [6.45, 7) is 5.97. The van der Waals surface area contributed by atoms with E-state index in [-0.39, 0.29) is 12.0 Å². The molecule has 1 N–H and O–H groups in total. The summed E-state index contributed by atoms with van der Waals surface area (Å²) in [5.41, 5.74) is 0. The Kier molecular flexibility index (Phi) is 5.75. The fourth-order valence-corrected chi connectivity index (χ4v) is 4.28. The standard InChI is InChI=1S/C18H32N2O2/c1-14-6-8-16(9-7-14)20(13-17-5-3-11-22-17)18(21)15-4-2-10-19-12-15/h14-17,19H,2-13H2,1H3. The molecular formula is C18H32N2O2. The Morgan fingerprint density at radius 3 is 2.59 bits per heavy atom. The van der Waals surface area contributed by atoms with Crippen molar-refractivity contribution < 1.29 is 9.53 Å². The second-order valence-corrected chi connectivity index (χ2v) is 7.58. The molecule has 2 unspecified atom stereocenters. The van der Waals surface area contributed by atoms with Gasteiger partial charge in [0, 0.05) is 25.7 Å². The largest absolute Gasteiger partial charge is 0.376 e. The third kappa shape index (κ3) is 4.02. The molecule has 0 aromatic carbocycles. The first kappa shape index (κ1) is 16.3. The normalized spacial score (nSPS) is 36.2. The summed E-state index contributed by atoms with van der Waals surface area (Å²) < 4.78 is 5.82. The van der Waals surface area contributed by atoms with E-state index in [1.807, 2.05) is 0 Å². The number of rotatable bonds is 4. The minimum absolute atomic E-state index is 0.189. The molecule has 0 aromatic rings. The van der Waals surface area contributed by atoms with Crippen molar-refractivity contribution >= 4 is 5.91 Å². The molecule has 1 aliphatic carbocycles. The van der Waals surface area contributed by atoms with Gasteiger partial charge in [-0.3, -0.25) is 4.79 Å². The molecular weight excluding hydrogens is 276 g/mol. The van der Waals surface area contributed by atoms with Crippen molar-refractivity contribution in [1.29, 1.82) is 0 Å². The van der Waals surface area contributed by atoms with E-state index < -0.39 is 0 Å². The van der Waals surface area contributed by atoms with Gasteiger partial charge in [0.05, 0.1) is 12.0 Å². The Morgan fingerprint density at radius 2 is 1.95 bits per heavy atom. The molecule has 4 heteroatoms. The van der Waals surface area contributed by atoms with E-state index in [9.17, 15) is 4.79 Å². The highest BCUT2D eigenvalue weighted by Crippen LogP contribution is 2.30. The maximum absolute atomic E-state index is 13.1. The molecule has 2 aliphatic heterocycles. The van der Waals surface area contributed by atoms with Gasteiger partial charge in [-0.2, -0.15) is 0 Å². The van der Waals surface area contributed by atoms with E-state index in [0.29, 0.717) is 11.9 Å². The second-order valence-electron chi connectivity index (χ2n) is 7.58. The Labute approximate surface area is 135 Å². The average molecular weight is 308 g/mol.